The maximum Gasteiger partial charge on any atom is 0.244 e. The van der Waals surface area contributed by atoms with Gasteiger partial charge in [0.2, 0.25) is 5.91 Å². The van der Waals surface area contributed by atoms with E-state index in [1.165, 1.54) is 0 Å². The molecule has 1 amide bonds. The molecule has 1 fully saturated rings. The van der Waals surface area contributed by atoms with Crippen LogP contribution >= 0.6 is 0 Å². The first kappa shape index (κ1) is 14.1. The van der Waals surface area contributed by atoms with Crippen LogP contribution in [0.5, 0.6) is 0 Å². The second-order valence-corrected chi connectivity index (χ2v) is 5.61. The lowest BCUT2D eigenvalue weighted by molar-refractivity contribution is -0.124. The van der Waals surface area contributed by atoms with Gasteiger partial charge in [-0.25, -0.2) is 0 Å². The molecular weight excluding hydrogens is 270 g/mol. The summed E-state index contributed by atoms with van der Waals surface area (Å²) in [4.78, 5) is 12.2. The van der Waals surface area contributed by atoms with Gasteiger partial charge in [-0.1, -0.05) is 0 Å². The first-order valence-corrected chi connectivity index (χ1v) is 7.34. The van der Waals surface area contributed by atoms with Crippen LogP contribution < -0.4 is 5.32 Å². The van der Waals surface area contributed by atoms with Crippen molar-refractivity contribution in [3.05, 3.63) is 11.9 Å². The molecular formula is C14H21N5O2. The molecule has 1 aliphatic heterocycles. The second kappa shape index (κ2) is 5.48. The Morgan fingerprint density at radius 2 is 2.38 bits per heavy atom. The van der Waals surface area contributed by atoms with Gasteiger partial charge in [-0.15, -0.1) is 0 Å². The molecule has 2 aromatic heterocycles. The zero-order valence-electron chi connectivity index (χ0n) is 12.7. The molecule has 1 saturated heterocycles. The van der Waals surface area contributed by atoms with Crippen molar-refractivity contribution in [2.75, 3.05) is 13.2 Å². The number of nitrogens with zero attached hydrogens (tertiary/aromatic N) is 4. The molecule has 0 spiro atoms. The monoisotopic (exact) mass is 291 g/mol. The van der Waals surface area contributed by atoms with Crippen LogP contribution in [0, 0.1) is 6.92 Å². The molecule has 21 heavy (non-hydrogen) atoms. The molecule has 1 aliphatic rings. The van der Waals surface area contributed by atoms with Gasteiger partial charge in [0.15, 0.2) is 0 Å². The van der Waals surface area contributed by atoms with E-state index < -0.39 is 0 Å². The average molecular weight is 291 g/mol. The van der Waals surface area contributed by atoms with E-state index in [4.69, 9.17) is 4.74 Å². The number of nitrogens with one attached hydrogen (secondary N) is 1. The fourth-order valence-corrected chi connectivity index (χ4v) is 2.69. The number of amides is 1. The Morgan fingerprint density at radius 3 is 3.05 bits per heavy atom. The normalized spacial score (nSPS) is 20.0. The highest BCUT2D eigenvalue weighted by atomic mass is 16.5. The number of hydrogen-bond donors (Lipinski definition) is 1. The van der Waals surface area contributed by atoms with Gasteiger partial charge in [0, 0.05) is 20.2 Å². The summed E-state index contributed by atoms with van der Waals surface area (Å²) in [5.74, 6) is -0.0380. The Labute approximate surface area is 123 Å². The lowest BCUT2D eigenvalue weighted by Gasteiger charge is -2.15. The summed E-state index contributed by atoms with van der Waals surface area (Å²) in [6.45, 7) is 5.14. The molecule has 0 saturated carbocycles. The first-order chi connectivity index (χ1) is 10.1. The summed E-state index contributed by atoms with van der Waals surface area (Å²) in [5, 5.41) is 11.7. The molecule has 0 aromatic carbocycles. The fourth-order valence-electron chi connectivity index (χ4n) is 2.69. The lowest BCUT2D eigenvalue weighted by atomic mass is 10.2. The first-order valence-electron chi connectivity index (χ1n) is 7.34. The van der Waals surface area contributed by atoms with Crippen LogP contribution in [-0.4, -0.2) is 44.7 Å². The van der Waals surface area contributed by atoms with Gasteiger partial charge < -0.3 is 10.1 Å². The summed E-state index contributed by atoms with van der Waals surface area (Å²) in [6.07, 6.45) is 4.12. The van der Waals surface area contributed by atoms with E-state index in [0.717, 1.165) is 36.2 Å². The largest absolute Gasteiger partial charge is 0.376 e. The van der Waals surface area contributed by atoms with Crippen molar-refractivity contribution in [2.45, 2.75) is 38.8 Å². The van der Waals surface area contributed by atoms with E-state index in [0.29, 0.717) is 6.54 Å². The highest BCUT2D eigenvalue weighted by molar-refractivity contribution is 5.81. The molecule has 3 rings (SSSR count). The van der Waals surface area contributed by atoms with Crippen molar-refractivity contribution in [3.63, 3.8) is 0 Å². The Hall–Kier alpha value is -1.89. The quantitative estimate of drug-likeness (QED) is 0.909. The maximum absolute atomic E-state index is 12.2. The van der Waals surface area contributed by atoms with Crippen molar-refractivity contribution < 1.29 is 9.53 Å². The van der Waals surface area contributed by atoms with Gasteiger partial charge in [-0.3, -0.25) is 14.2 Å². The lowest BCUT2D eigenvalue weighted by Crippen LogP contribution is -2.36. The number of fused-ring (bicyclic) bond motifs is 1. The molecule has 7 nitrogen and oxygen atoms in total. The number of aromatic nitrogens is 4. The van der Waals surface area contributed by atoms with Gasteiger partial charge >= 0.3 is 0 Å². The third kappa shape index (κ3) is 2.65. The summed E-state index contributed by atoms with van der Waals surface area (Å²) in [6, 6.07) is -0.349. The van der Waals surface area contributed by atoms with Gasteiger partial charge in [0.25, 0.3) is 0 Å². The van der Waals surface area contributed by atoms with Crippen LogP contribution in [0.1, 0.15) is 31.5 Å². The van der Waals surface area contributed by atoms with Crippen LogP contribution in [0.15, 0.2) is 6.20 Å². The number of aryl methyl sites for hydroxylation is 2. The molecule has 1 N–H and O–H groups in total. The number of ether oxygens (including phenoxy) is 1. The van der Waals surface area contributed by atoms with E-state index in [-0.39, 0.29) is 18.1 Å². The van der Waals surface area contributed by atoms with Crippen LogP contribution in [0.4, 0.5) is 0 Å². The minimum atomic E-state index is -0.349. The third-order valence-electron chi connectivity index (χ3n) is 4.01. The Balaban J connectivity index is 1.68. The number of hydrogen-bond acceptors (Lipinski definition) is 4. The Kier molecular flexibility index (Phi) is 3.67. The van der Waals surface area contributed by atoms with Crippen molar-refractivity contribution in [3.8, 4) is 0 Å². The topological polar surface area (TPSA) is 74.0 Å². The standard InChI is InChI=1S/C14H21N5O2/c1-9-13-12(18(3)16-9)8-19(17-13)10(2)14(20)15-7-11-5-4-6-21-11/h8,10-11H,4-7H2,1-3H3,(H,15,20)/t10-,11-/m0/s1. The van der Waals surface area contributed by atoms with E-state index in [9.17, 15) is 4.79 Å². The Morgan fingerprint density at radius 1 is 1.57 bits per heavy atom. The number of carbonyl (C=O) groups is 1. The van der Waals surface area contributed by atoms with Crippen molar-refractivity contribution in [2.24, 2.45) is 7.05 Å². The predicted octanol–water partition coefficient (Wildman–Crippen LogP) is 0.934. The minimum absolute atomic E-state index is 0.0380. The Bertz CT molecular complexity index is 619. The van der Waals surface area contributed by atoms with Gasteiger partial charge in [-0.05, 0) is 26.7 Å². The van der Waals surface area contributed by atoms with Crippen LogP contribution in [0.25, 0.3) is 11.0 Å². The predicted molar refractivity (Wildman–Crippen MR) is 77.9 cm³/mol. The van der Waals surface area contributed by atoms with Crippen molar-refractivity contribution in [1.82, 2.24) is 24.9 Å². The average Bonchev–Trinajstić information content (AvgIpc) is 3.16. The molecule has 114 valence electrons. The molecule has 7 heteroatoms. The third-order valence-corrected chi connectivity index (χ3v) is 4.01. The smallest absolute Gasteiger partial charge is 0.244 e. The summed E-state index contributed by atoms with van der Waals surface area (Å²) in [5.41, 5.74) is 2.65. The van der Waals surface area contributed by atoms with Gasteiger partial charge in [0.1, 0.15) is 17.1 Å². The van der Waals surface area contributed by atoms with E-state index >= 15 is 0 Å². The molecule has 0 unspecified atom stereocenters. The van der Waals surface area contributed by atoms with E-state index in [1.54, 1.807) is 9.36 Å². The van der Waals surface area contributed by atoms with E-state index in [1.807, 2.05) is 27.1 Å². The molecule has 0 bridgehead atoms. The van der Waals surface area contributed by atoms with Gasteiger partial charge in [0.05, 0.1) is 18.0 Å². The van der Waals surface area contributed by atoms with Crippen LogP contribution in [-0.2, 0) is 16.6 Å². The zero-order valence-corrected chi connectivity index (χ0v) is 12.7. The minimum Gasteiger partial charge on any atom is -0.376 e. The zero-order chi connectivity index (χ0) is 15.0. The highest BCUT2D eigenvalue weighted by Gasteiger charge is 2.21. The highest BCUT2D eigenvalue weighted by Crippen LogP contribution is 2.18. The second-order valence-electron chi connectivity index (χ2n) is 5.61. The summed E-state index contributed by atoms with van der Waals surface area (Å²) < 4.78 is 8.99. The van der Waals surface area contributed by atoms with Crippen LogP contribution in [0.2, 0.25) is 0 Å². The fraction of sp³-hybridized carbons (Fsp3) is 0.643. The van der Waals surface area contributed by atoms with Crippen LogP contribution in [0.3, 0.4) is 0 Å². The SMILES string of the molecule is Cc1nn(C)c2cn([C@@H](C)C(=O)NC[C@@H]3CCCO3)nc12. The van der Waals surface area contributed by atoms with Crippen molar-refractivity contribution in [1.29, 1.82) is 0 Å². The maximum atomic E-state index is 12.2. The number of rotatable bonds is 4. The van der Waals surface area contributed by atoms with Gasteiger partial charge in [-0.2, -0.15) is 10.2 Å². The molecule has 0 radical (unpaired) electrons. The summed E-state index contributed by atoms with van der Waals surface area (Å²) in [7, 11) is 1.88. The van der Waals surface area contributed by atoms with E-state index in [2.05, 4.69) is 15.5 Å². The van der Waals surface area contributed by atoms with Crippen molar-refractivity contribution >= 4 is 16.9 Å². The summed E-state index contributed by atoms with van der Waals surface area (Å²) >= 11 is 0. The number of carbonyl (C=O) groups excluding carboxylic acids is 1. The molecule has 2 aromatic rings. The molecule has 3 heterocycles. The molecule has 2 atom stereocenters. The molecule has 0 aliphatic carbocycles.